The van der Waals surface area contributed by atoms with Crippen LogP contribution in [-0.2, 0) is 6.54 Å². The molecule has 4 heterocycles. The van der Waals surface area contributed by atoms with Gasteiger partial charge in [0.15, 0.2) is 5.69 Å². The van der Waals surface area contributed by atoms with Crippen molar-refractivity contribution >= 4 is 12.0 Å². The van der Waals surface area contributed by atoms with Gasteiger partial charge in [0.1, 0.15) is 6.26 Å². The second kappa shape index (κ2) is 9.34. The summed E-state index contributed by atoms with van der Waals surface area (Å²) in [4.78, 5) is 24.1. The van der Waals surface area contributed by atoms with Crippen LogP contribution in [0.1, 0.15) is 34.8 Å². The van der Waals surface area contributed by atoms with E-state index in [0.717, 1.165) is 58.7 Å². The summed E-state index contributed by atoms with van der Waals surface area (Å²) < 4.78 is 5.65. The van der Waals surface area contributed by atoms with Crippen LogP contribution in [0.2, 0.25) is 0 Å². The first kappa shape index (κ1) is 20.4. The number of aromatic nitrogens is 1. The van der Waals surface area contributed by atoms with Crippen LogP contribution in [0.5, 0.6) is 0 Å². The number of hydrogen-bond acceptors (Lipinski definition) is 6. The van der Waals surface area contributed by atoms with Crippen LogP contribution in [0, 0.1) is 0 Å². The van der Waals surface area contributed by atoms with Crippen molar-refractivity contribution in [3.8, 4) is 0 Å². The average Bonchev–Trinajstić information content (AvgIpc) is 3.41. The van der Waals surface area contributed by atoms with Crippen molar-refractivity contribution in [2.45, 2.75) is 31.5 Å². The quantitative estimate of drug-likeness (QED) is 0.771. The summed E-state index contributed by atoms with van der Waals surface area (Å²) in [6, 6.07) is 11.3. The van der Waals surface area contributed by atoms with Crippen LogP contribution in [0.25, 0.3) is 6.08 Å². The van der Waals surface area contributed by atoms with Gasteiger partial charge in [-0.15, -0.1) is 0 Å². The number of piperazine rings is 2. The molecule has 1 aromatic heterocycles. The zero-order valence-electron chi connectivity index (χ0n) is 17.9. The number of rotatable bonds is 6. The van der Waals surface area contributed by atoms with E-state index in [1.807, 2.05) is 11.0 Å². The highest BCUT2D eigenvalue weighted by molar-refractivity contribution is 5.92. The number of oxazole rings is 1. The molecule has 3 aliphatic heterocycles. The van der Waals surface area contributed by atoms with Gasteiger partial charge in [0.25, 0.3) is 5.91 Å². The Hall–Kier alpha value is -2.48. The van der Waals surface area contributed by atoms with Gasteiger partial charge in [-0.25, -0.2) is 4.98 Å². The van der Waals surface area contributed by atoms with Gasteiger partial charge in [-0.1, -0.05) is 42.5 Å². The van der Waals surface area contributed by atoms with Crippen LogP contribution in [0.4, 0.5) is 0 Å². The van der Waals surface area contributed by atoms with E-state index in [9.17, 15) is 4.79 Å². The summed E-state index contributed by atoms with van der Waals surface area (Å²) in [6.45, 7) is 7.18. The van der Waals surface area contributed by atoms with Gasteiger partial charge in [0, 0.05) is 57.9 Å². The zero-order chi connectivity index (χ0) is 21.0. The molecule has 3 saturated heterocycles. The molecular formula is C24H31N5O2. The maximum Gasteiger partial charge on any atom is 0.275 e. The highest BCUT2D eigenvalue weighted by atomic mass is 16.3. The highest BCUT2D eigenvalue weighted by Crippen LogP contribution is 2.21. The molecule has 1 amide bonds. The lowest BCUT2D eigenvalue weighted by Crippen LogP contribution is -2.53. The van der Waals surface area contributed by atoms with Gasteiger partial charge in [-0.3, -0.25) is 14.6 Å². The lowest BCUT2D eigenvalue weighted by atomic mass is 10.2. The SMILES string of the molecule is O=C(c1coc(CN2CCN(C/C=C/c3ccccc3)CC2)n1)N1C[C@H]2CC[C@@H](C1)N2. The van der Waals surface area contributed by atoms with E-state index in [0.29, 0.717) is 30.2 Å². The molecule has 2 atom stereocenters. The Kier molecular flexibility index (Phi) is 6.15. The number of carbonyl (C=O) groups excluding carboxylic acids is 1. The molecule has 3 aliphatic rings. The molecule has 0 unspecified atom stereocenters. The van der Waals surface area contributed by atoms with E-state index >= 15 is 0 Å². The van der Waals surface area contributed by atoms with Crippen LogP contribution in [-0.4, -0.2) is 83.5 Å². The molecular weight excluding hydrogens is 390 g/mol. The Bertz CT molecular complexity index is 892. The summed E-state index contributed by atoms with van der Waals surface area (Å²) >= 11 is 0. The lowest BCUT2D eigenvalue weighted by molar-refractivity contribution is 0.0691. The molecule has 1 aromatic carbocycles. The molecule has 5 rings (SSSR count). The summed E-state index contributed by atoms with van der Waals surface area (Å²) in [7, 11) is 0. The fourth-order valence-corrected chi connectivity index (χ4v) is 4.83. The first-order valence-electron chi connectivity index (χ1n) is 11.4. The number of nitrogens with zero attached hydrogens (tertiary/aromatic N) is 4. The Balaban J connectivity index is 1.08. The third kappa shape index (κ3) is 5.06. The minimum absolute atomic E-state index is 0.00317. The number of benzene rings is 1. The predicted molar refractivity (Wildman–Crippen MR) is 120 cm³/mol. The molecule has 0 saturated carbocycles. The Labute approximate surface area is 183 Å². The first-order chi connectivity index (χ1) is 15.2. The third-order valence-corrected chi connectivity index (χ3v) is 6.57. The van der Waals surface area contributed by atoms with Gasteiger partial charge in [0.2, 0.25) is 5.89 Å². The standard InChI is InChI=1S/C24H31N5O2/c30-24(29-15-20-8-9-21(16-29)25-20)22-18-31-23(26-22)17-28-13-11-27(12-14-28)10-4-7-19-5-2-1-3-6-19/h1-7,18,20-21,25H,8-17H2/b7-4+/t20-,21+. The van der Waals surface area contributed by atoms with Gasteiger partial charge >= 0.3 is 0 Å². The van der Waals surface area contributed by atoms with Crippen molar-refractivity contribution < 1.29 is 9.21 Å². The van der Waals surface area contributed by atoms with Crippen molar-refractivity contribution in [2.24, 2.45) is 0 Å². The van der Waals surface area contributed by atoms with E-state index in [2.05, 4.69) is 56.5 Å². The maximum absolute atomic E-state index is 12.8. The van der Waals surface area contributed by atoms with E-state index in [1.54, 1.807) is 0 Å². The molecule has 0 radical (unpaired) electrons. The van der Waals surface area contributed by atoms with Crippen molar-refractivity contribution in [1.82, 2.24) is 25.0 Å². The summed E-state index contributed by atoms with van der Waals surface area (Å²) in [5.74, 6) is 0.641. The first-order valence-corrected chi connectivity index (χ1v) is 11.4. The zero-order valence-corrected chi connectivity index (χ0v) is 17.9. The number of amides is 1. The van der Waals surface area contributed by atoms with Crippen LogP contribution in [0.15, 0.2) is 47.1 Å². The van der Waals surface area contributed by atoms with E-state index < -0.39 is 0 Å². The molecule has 31 heavy (non-hydrogen) atoms. The maximum atomic E-state index is 12.8. The van der Waals surface area contributed by atoms with E-state index in [-0.39, 0.29) is 5.91 Å². The molecule has 2 bridgehead atoms. The molecule has 0 spiro atoms. The number of nitrogens with one attached hydrogen (secondary N) is 1. The normalized spacial score (nSPS) is 24.8. The minimum atomic E-state index is 0.00317. The molecule has 0 aliphatic carbocycles. The number of carbonyl (C=O) groups is 1. The van der Waals surface area contributed by atoms with Gasteiger partial charge in [-0.05, 0) is 18.4 Å². The molecule has 1 N–H and O–H groups in total. The molecule has 2 aromatic rings. The van der Waals surface area contributed by atoms with Crippen LogP contribution < -0.4 is 5.32 Å². The molecule has 3 fully saturated rings. The van der Waals surface area contributed by atoms with E-state index in [4.69, 9.17) is 4.42 Å². The minimum Gasteiger partial charge on any atom is -0.447 e. The Morgan fingerprint density at radius 2 is 1.77 bits per heavy atom. The second-order valence-electron chi connectivity index (χ2n) is 8.86. The van der Waals surface area contributed by atoms with Gasteiger partial charge in [0.05, 0.1) is 6.54 Å². The fourth-order valence-electron chi connectivity index (χ4n) is 4.83. The Morgan fingerprint density at radius 1 is 1.06 bits per heavy atom. The summed E-state index contributed by atoms with van der Waals surface area (Å²) in [5.41, 5.74) is 1.69. The molecule has 7 heteroatoms. The van der Waals surface area contributed by atoms with Crippen LogP contribution in [0.3, 0.4) is 0 Å². The van der Waals surface area contributed by atoms with Crippen molar-refractivity contribution in [3.05, 3.63) is 59.8 Å². The number of fused-ring (bicyclic) bond motifs is 2. The van der Waals surface area contributed by atoms with Crippen molar-refractivity contribution in [3.63, 3.8) is 0 Å². The highest BCUT2D eigenvalue weighted by Gasteiger charge is 2.35. The lowest BCUT2D eigenvalue weighted by Gasteiger charge is -2.33. The van der Waals surface area contributed by atoms with Crippen molar-refractivity contribution in [1.29, 1.82) is 0 Å². The van der Waals surface area contributed by atoms with Gasteiger partial charge < -0.3 is 14.6 Å². The predicted octanol–water partition coefficient (Wildman–Crippen LogP) is 2.08. The largest absolute Gasteiger partial charge is 0.447 e. The third-order valence-electron chi connectivity index (χ3n) is 6.57. The molecule has 7 nitrogen and oxygen atoms in total. The summed E-state index contributed by atoms with van der Waals surface area (Å²) in [6.07, 6.45) is 8.27. The second-order valence-corrected chi connectivity index (χ2v) is 8.86. The monoisotopic (exact) mass is 421 g/mol. The smallest absolute Gasteiger partial charge is 0.275 e. The number of likely N-dealkylation sites (tertiary alicyclic amines) is 1. The fraction of sp³-hybridized carbons (Fsp3) is 0.500. The topological polar surface area (TPSA) is 64.9 Å². The summed E-state index contributed by atoms with van der Waals surface area (Å²) in [5, 5.41) is 3.56. The average molecular weight is 422 g/mol. The number of hydrogen-bond donors (Lipinski definition) is 1. The van der Waals surface area contributed by atoms with Gasteiger partial charge in [-0.2, -0.15) is 0 Å². The molecule has 164 valence electrons. The Morgan fingerprint density at radius 3 is 2.52 bits per heavy atom. The van der Waals surface area contributed by atoms with Crippen LogP contribution >= 0.6 is 0 Å². The van der Waals surface area contributed by atoms with E-state index in [1.165, 1.54) is 11.8 Å². The van der Waals surface area contributed by atoms with Crippen molar-refractivity contribution in [2.75, 3.05) is 45.8 Å².